The van der Waals surface area contributed by atoms with Crippen molar-refractivity contribution in [3.8, 4) is 0 Å². The average Bonchev–Trinajstić information content (AvgIpc) is 2.92. The summed E-state index contributed by atoms with van der Waals surface area (Å²) in [5.41, 5.74) is -2.26. The van der Waals surface area contributed by atoms with Crippen LogP contribution in [-0.2, 0) is 4.74 Å². The molecular formula is C14H23F3N2O2. The van der Waals surface area contributed by atoms with Crippen LogP contribution in [0, 0.1) is 0 Å². The molecule has 2 unspecified atom stereocenters. The van der Waals surface area contributed by atoms with Crippen LogP contribution in [0.15, 0.2) is 0 Å². The molecule has 0 aromatic rings. The first-order valence-corrected chi connectivity index (χ1v) is 7.35. The molecule has 7 heteroatoms. The third kappa shape index (κ3) is 4.25. The largest absolute Gasteiger partial charge is 0.444 e. The number of ether oxygens (including phenoxy) is 1. The van der Waals surface area contributed by atoms with E-state index in [1.54, 1.807) is 20.8 Å². The van der Waals surface area contributed by atoms with Gasteiger partial charge in [-0.2, -0.15) is 13.2 Å². The van der Waals surface area contributed by atoms with Crippen molar-refractivity contribution in [3.63, 3.8) is 0 Å². The Hall–Kier alpha value is -0.980. The summed E-state index contributed by atoms with van der Waals surface area (Å²) in [5.74, 6) is 0. The van der Waals surface area contributed by atoms with Crippen LogP contribution >= 0.6 is 0 Å². The third-order valence-electron chi connectivity index (χ3n) is 3.93. The van der Waals surface area contributed by atoms with Crippen molar-refractivity contribution in [2.24, 2.45) is 0 Å². The Morgan fingerprint density at radius 2 is 1.71 bits per heavy atom. The Labute approximate surface area is 122 Å². The van der Waals surface area contributed by atoms with Crippen LogP contribution in [0.5, 0.6) is 0 Å². The molecular weight excluding hydrogens is 285 g/mol. The Morgan fingerprint density at radius 1 is 1.14 bits per heavy atom. The van der Waals surface area contributed by atoms with Crippen molar-refractivity contribution in [2.45, 2.75) is 82.3 Å². The number of carbonyl (C=O) groups is 1. The number of hydrogen-bond acceptors (Lipinski definition) is 3. The molecule has 2 fully saturated rings. The second-order valence-corrected chi connectivity index (χ2v) is 7.08. The van der Waals surface area contributed by atoms with Gasteiger partial charge in [0.2, 0.25) is 0 Å². The lowest BCUT2D eigenvalue weighted by Gasteiger charge is -2.25. The van der Waals surface area contributed by atoms with Crippen LogP contribution in [0.3, 0.4) is 0 Å². The van der Waals surface area contributed by atoms with Crippen LogP contribution < -0.4 is 10.6 Å². The molecule has 0 heterocycles. The van der Waals surface area contributed by atoms with E-state index in [2.05, 4.69) is 10.6 Å². The fraction of sp³-hybridized carbons (Fsp3) is 0.929. The van der Waals surface area contributed by atoms with E-state index in [1.807, 2.05) is 0 Å². The van der Waals surface area contributed by atoms with Gasteiger partial charge in [-0.05, 0) is 52.9 Å². The lowest BCUT2D eigenvalue weighted by molar-refractivity contribution is -0.167. The minimum atomic E-state index is -4.19. The Bertz CT molecular complexity index is 400. The smallest absolute Gasteiger partial charge is 0.407 e. The minimum Gasteiger partial charge on any atom is -0.444 e. The maximum atomic E-state index is 12.9. The standard InChI is InChI=1S/C14H23F3N2O2/c1-12(2,3)21-11(20)18-9-4-5-10(8-9)19-13(6-7-13)14(15,16)17/h9-10,19H,4-8H2,1-3H3,(H,18,20). The number of amides is 1. The van der Waals surface area contributed by atoms with E-state index >= 15 is 0 Å². The highest BCUT2D eigenvalue weighted by molar-refractivity contribution is 5.68. The van der Waals surface area contributed by atoms with Gasteiger partial charge in [0, 0.05) is 12.1 Å². The lowest BCUT2D eigenvalue weighted by atomic mass is 10.1. The molecule has 2 aliphatic rings. The van der Waals surface area contributed by atoms with E-state index in [0.29, 0.717) is 19.3 Å². The van der Waals surface area contributed by atoms with E-state index in [4.69, 9.17) is 4.74 Å². The molecule has 0 aromatic heterocycles. The highest BCUT2D eigenvalue weighted by Gasteiger charge is 2.63. The summed E-state index contributed by atoms with van der Waals surface area (Å²) in [6.07, 6.45) is -2.58. The SMILES string of the molecule is CC(C)(C)OC(=O)NC1CCC(NC2(C(F)(F)F)CC2)C1. The molecule has 0 radical (unpaired) electrons. The number of hydrogen-bond donors (Lipinski definition) is 2. The number of halogens is 3. The number of rotatable bonds is 3. The molecule has 2 saturated carbocycles. The first kappa shape index (κ1) is 16.4. The zero-order valence-corrected chi connectivity index (χ0v) is 12.6. The molecule has 2 N–H and O–H groups in total. The zero-order valence-electron chi connectivity index (χ0n) is 12.6. The Balaban J connectivity index is 1.78. The molecule has 0 bridgehead atoms. The molecule has 0 aromatic carbocycles. The average molecular weight is 308 g/mol. The van der Waals surface area contributed by atoms with Crippen molar-refractivity contribution in [2.75, 3.05) is 0 Å². The summed E-state index contributed by atoms with van der Waals surface area (Å²) in [6, 6.07) is -0.324. The van der Waals surface area contributed by atoms with Gasteiger partial charge in [-0.25, -0.2) is 4.79 Å². The van der Waals surface area contributed by atoms with Gasteiger partial charge in [-0.3, -0.25) is 0 Å². The van der Waals surface area contributed by atoms with Crippen molar-refractivity contribution in [1.82, 2.24) is 10.6 Å². The number of alkyl halides is 3. The third-order valence-corrected chi connectivity index (χ3v) is 3.93. The molecule has 2 atom stereocenters. The normalized spacial score (nSPS) is 28.3. The summed E-state index contributed by atoms with van der Waals surface area (Å²) < 4.78 is 43.8. The molecule has 0 saturated heterocycles. The topological polar surface area (TPSA) is 50.4 Å². The number of carbonyl (C=O) groups excluding carboxylic acids is 1. The predicted molar refractivity (Wildman–Crippen MR) is 72.0 cm³/mol. The van der Waals surface area contributed by atoms with E-state index in [1.165, 1.54) is 0 Å². The molecule has 0 aliphatic heterocycles. The van der Waals surface area contributed by atoms with E-state index in [9.17, 15) is 18.0 Å². The van der Waals surface area contributed by atoms with Gasteiger partial charge in [0.15, 0.2) is 0 Å². The summed E-state index contributed by atoms with van der Waals surface area (Å²) >= 11 is 0. The maximum Gasteiger partial charge on any atom is 0.407 e. The van der Waals surface area contributed by atoms with Crippen LogP contribution in [-0.4, -0.2) is 35.5 Å². The van der Waals surface area contributed by atoms with E-state index in [0.717, 1.165) is 0 Å². The van der Waals surface area contributed by atoms with Crippen LogP contribution in [0.1, 0.15) is 52.9 Å². The molecule has 1 amide bonds. The minimum absolute atomic E-state index is 0.124. The van der Waals surface area contributed by atoms with Crippen LogP contribution in [0.25, 0.3) is 0 Å². The highest BCUT2D eigenvalue weighted by atomic mass is 19.4. The van der Waals surface area contributed by atoms with E-state index in [-0.39, 0.29) is 24.9 Å². The summed E-state index contributed by atoms with van der Waals surface area (Å²) in [7, 11) is 0. The first-order chi connectivity index (χ1) is 9.51. The fourth-order valence-corrected chi connectivity index (χ4v) is 2.74. The van der Waals surface area contributed by atoms with Crippen LogP contribution in [0.4, 0.5) is 18.0 Å². The first-order valence-electron chi connectivity index (χ1n) is 7.35. The van der Waals surface area contributed by atoms with Crippen molar-refractivity contribution in [1.29, 1.82) is 0 Å². The second kappa shape index (κ2) is 5.34. The molecule has 0 spiro atoms. The van der Waals surface area contributed by atoms with Crippen molar-refractivity contribution in [3.05, 3.63) is 0 Å². The van der Waals surface area contributed by atoms with E-state index < -0.39 is 23.4 Å². The maximum absolute atomic E-state index is 12.9. The highest BCUT2D eigenvalue weighted by Crippen LogP contribution is 2.49. The van der Waals surface area contributed by atoms with Gasteiger partial charge in [0.25, 0.3) is 0 Å². The van der Waals surface area contributed by atoms with Crippen molar-refractivity contribution < 1.29 is 22.7 Å². The fourth-order valence-electron chi connectivity index (χ4n) is 2.74. The molecule has 122 valence electrons. The van der Waals surface area contributed by atoms with Gasteiger partial charge in [0.05, 0.1) is 0 Å². The molecule has 2 rings (SSSR count). The lowest BCUT2D eigenvalue weighted by Crippen LogP contribution is -2.49. The van der Waals surface area contributed by atoms with Crippen molar-refractivity contribution >= 4 is 6.09 Å². The second-order valence-electron chi connectivity index (χ2n) is 7.08. The van der Waals surface area contributed by atoms with Gasteiger partial charge in [0.1, 0.15) is 11.1 Å². The van der Waals surface area contributed by atoms with Gasteiger partial charge >= 0.3 is 12.3 Å². The zero-order chi connectivity index (χ0) is 15.9. The Kier molecular flexibility index (Phi) is 4.17. The monoisotopic (exact) mass is 308 g/mol. The van der Waals surface area contributed by atoms with Gasteiger partial charge in [-0.15, -0.1) is 0 Å². The molecule has 2 aliphatic carbocycles. The predicted octanol–water partition coefficient (Wildman–Crippen LogP) is 3.12. The number of alkyl carbamates (subject to hydrolysis) is 1. The molecule has 4 nitrogen and oxygen atoms in total. The molecule has 21 heavy (non-hydrogen) atoms. The van der Waals surface area contributed by atoms with Gasteiger partial charge in [-0.1, -0.05) is 0 Å². The number of nitrogens with one attached hydrogen (secondary N) is 2. The van der Waals surface area contributed by atoms with Crippen LogP contribution in [0.2, 0.25) is 0 Å². The Morgan fingerprint density at radius 3 is 2.19 bits per heavy atom. The summed E-state index contributed by atoms with van der Waals surface area (Å²) in [5, 5.41) is 5.47. The van der Waals surface area contributed by atoms with Gasteiger partial charge < -0.3 is 15.4 Å². The quantitative estimate of drug-likeness (QED) is 0.842. The summed E-state index contributed by atoms with van der Waals surface area (Å²) in [6.45, 7) is 5.31. The summed E-state index contributed by atoms with van der Waals surface area (Å²) in [4.78, 5) is 11.6.